The molecule has 0 atom stereocenters. The summed E-state index contributed by atoms with van der Waals surface area (Å²) >= 11 is 0. The van der Waals surface area contributed by atoms with Crippen molar-refractivity contribution in [2.24, 2.45) is 0 Å². The average Bonchev–Trinajstić information content (AvgIpc) is 2.34. The van der Waals surface area contributed by atoms with Crippen LogP contribution in [0.5, 0.6) is 5.75 Å². The van der Waals surface area contributed by atoms with Crippen LogP contribution < -0.4 is 4.74 Å². The Balaban J connectivity index is 3.03. The van der Waals surface area contributed by atoms with Crippen molar-refractivity contribution in [2.75, 3.05) is 13.7 Å². The van der Waals surface area contributed by atoms with Gasteiger partial charge in [0.25, 0.3) is 0 Å². The third kappa shape index (κ3) is 3.04. The second-order valence-corrected chi connectivity index (χ2v) is 3.03. The van der Waals surface area contributed by atoms with E-state index >= 15 is 0 Å². The number of methoxy groups -OCH3 is 1. The first-order valence-corrected chi connectivity index (χ1v) is 4.70. The van der Waals surface area contributed by atoms with Crippen LogP contribution in [0.15, 0.2) is 30.9 Å². The Morgan fingerprint density at radius 1 is 1.59 bits per heavy atom. The van der Waals surface area contributed by atoms with E-state index in [1.165, 1.54) is 25.3 Å². The van der Waals surface area contributed by atoms with Gasteiger partial charge in [-0.15, -0.1) is 0 Å². The van der Waals surface area contributed by atoms with E-state index in [4.69, 9.17) is 9.47 Å². The molecule has 1 aromatic carbocycles. The molecule has 0 saturated carbocycles. The van der Waals surface area contributed by atoms with Crippen molar-refractivity contribution in [1.29, 1.82) is 0 Å². The highest BCUT2D eigenvalue weighted by Gasteiger charge is 2.18. The Kier molecular flexibility index (Phi) is 4.21. The van der Waals surface area contributed by atoms with Gasteiger partial charge in [-0.05, 0) is 12.1 Å². The number of benzene rings is 1. The van der Waals surface area contributed by atoms with Crippen LogP contribution in [0.3, 0.4) is 0 Å². The molecule has 90 valence electrons. The molecule has 0 heterocycles. The highest BCUT2D eigenvalue weighted by Crippen LogP contribution is 2.27. The fraction of sp³-hybridized carbons (Fsp3) is 0.182. The number of nitro groups is 1. The van der Waals surface area contributed by atoms with E-state index in [9.17, 15) is 14.9 Å². The number of hydrogen-bond donors (Lipinski definition) is 0. The molecule has 0 aliphatic rings. The standard InChI is InChI=1S/C11H11NO5/c1-3-6-17-11(13)8-4-5-10(16-2)9(7-8)12(14)15/h3-5,7H,1,6H2,2H3. The van der Waals surface area contributed by atoms with Gasteiger partial charge in [0, 0.05) is 6.07 Å². The number of carbonyl (C=O) groups excluding carboxylic acids is 1. The van der Waals surface area contributed by atoms with Gasteiger partial charge in [-0.1, -0.05) is 12.7 Å². The smallest absolute Gasteiger partial charge is 0.338 e. The van der Waals surface area contributed by atoms with Crippen molar-refractivity contribution in [3.63, 3.8) is 0 Å². The van der Waals surface area contributed by atoms with Crippen LogP contribution in [-0.4, -0.2) is 24.6 Å². The third-order valence-electron chi connectivity index (χ3n) is 1.94. The van der Waals surface area contributed by atoms with Crippen molar-refractivity contribution in [2.45, 2.75) is 0 Å². The highest BCUT2D eigenvalue weighted by molar-refractivity contribution is 5.90. The molecule has 1 rings (SSSR count). The van der Waals surface area contributed by atoms with Crippen LogP contribution >= 0.6 is 0 Å². The molecule has 6 heteroatoms. The maximum Gasteiger partial charge on any atom is 0.338 e. The van der Waals surface area contributed by atoms with Gasteiger partial charge in [0.1, 0.15) is 6.61 Å². The zero-order valence-electron chi connectivity index (χ0n) is 9.21. The minimum absolute atomic E-state index is 0.0542. The third-order valence-corrected chi connectivity index (χ3v) is 1.94. The quantitative estimate of drug-likeness (QED) is 0.338. The zero-order chi connectivity index (χ0) is 12.8. The van der Waals surface area contributed by atoms with E-state index < -0.39 is 10.9 Å². The highest BCUT2D eigenvalue weighted by atomic mass is 16.6. The average molecular weight is 237 g/mol. The van der Waals surface area contributed by atoms with Crippen molar-refractivity contribution in [3.8, 4) is 5.75 Å². The first kappa shape index (κ1) is 12.7. The van der Waals surface area contributed by atoms with E-state index in [0.29, 0.717) is 0 Å². The molecule has 0 bridgehead atoms. The van der Waals surface area contributed by atoms with Crippen molar-refractivity contribution < 1.29 is 19.2 Å². The van der Waals surface area contributed by atoms with Gasteiger partial charge < -0.3 is 9.47 Å². The van der Waals surface area contributed by atoms with Gasteiger partial charge in [-0.3, -0.25) is 10.1 Å². The number of rotatable bonds is 5. The topological polar surface area (TPSA) is 78.7 Å². The summed E-state index contributed by atoms with van der Waals surface area (Å²) < 4.78 is 9.58. The molecular formula is C11H11NO5. The maximum absolute atomic E-state index is 11.4. The summed E-state index contributed by atoms with van der Waals surface area (Å²) in [5, 5.41) is 10.7. The van der Waals surface area contributed by atoms with Crippen LogP contribution in [0.4, 0.5) is 5.69 Å². The maximum atomic E-state index is 11.4. The fourth-order valence-corrected chi connectivity index (χ4v) is 1.18. The van der Waals surface area contributed by atoms with E-state index in [0.717, 1.165) is 6.07 Å². The molecule has 0 unspecified atom stereocenters. The molecule has 6 nitrogen and oxygen atoms in total. The molecule has 0 aliphatic heterocycles. The number of nitrogens with zero attached hydrogens (tertiary/aromatic N) is 1. The Morgan fingerprint density at radius 3 is 2.82 bits per heavy atom. The van der Waals surface area contributed by atoms with Crippen molar-refractivity contribution in [1.82, 2.24) is 0 Å². The van der Waals surface area contributed by atoms with Gasteiger partial charge in [-0.25, -0.2) is 4.79 Å². The number of hydrogen-bond acceptors (Lipinski definition) is 5. The van der Waals surface area contributed by atoms with Crippen LogP contribution in [-0.2, 0) is 4.74 Å². The molecule has 0 saturated heterocycles. The summed E-state index contributed by atoms with van der Waals surface area (Å²) in [6.45, 7) is 3.45. The molecule has 0 spiro atoms. The molecule has 0 aliphatic carbocycles. The summed E-state index contributed by atoms with van der Waals surface area (Å²) in [5.74, 6) is -0.550. The minimum atomic E-state index is -0.643. The van der Waals surface area contributed by atoms with E-state index in [-0.39, 0.29) is 23.6 Å². The summed E-state index contributed by atoms with van der Waals surface area (Å²) in [6, 6.07) is 3.87. The lowest BCUT2D eigenvalue weighted by atomic mass is 10.2. The molecular weight excluding hydrogens is 226 g/mol. The molecule has 0 amide bonds. The molecule has 0 fully saturated rings. The van der Waals surface area contributed by atoms with Crippen LogP contribution in [0.2, 0.25) is 0 Å². The largest absolute Gasteiger partial charge is 0.490 e. The SMILES string of the molecule is C=CCOC(=O)c1ccc(OC)c([N+](=O)[O-])c1. The molecule has 1 aromatic rings. The Hall–Kier alpha value is -2.37. The van der Waals surface area contributed by atoms with E-state index in [2.05, 4.69) is 6.58 Å². The monoisotopic (exact) mass is 237 g/mol. The second-order valence-electron chi connectivity index (χ2n) is 3.03. The first-order chi connectivity index (χ1) is 8.10. The molecule has 0 aromatic heterocycles. The zero-order valence-corrected chi connectivity index (χ0v) is 9.21. The van der Waals surface area contributed by atoms with Crippen molar-refractivity contribution >= 4 is 11.7 Å². The van der Waals surface area contributed by atoms with Crippen LogP contribution in [0, 0.1) is 10.1 Å². The van der Waals surface area contributed by atoms with E-state index in [1.54, 1.807) is 0 Å². The Morgan fingerprint density at radius 2 is 2.29 bits per heavy atom. The van der Waals surface area contributed by atoms with Gasteiger partial charge in [0.2, 0.25) is 0 Å². The first-order valence-electron chi connectivity index (χ1n) is 4.70. The Bertz CT molecular complexity index is 455. The number of ether oxygens (including phenoxy) is 2. The lowest BCUT2D eigenvalue weighted by molar-refractivity contribution is -0.385. The minimum Gasteiger partial charge on any atom is -0.490 e. The lowest BCUT2D eigenvalue weighted by Crippen LogP contribution is -2.06. The number of carbonyl (C=O) groups is 1. The van der Waals surface area contributed by atoms with Crippen LogP contribution in [0.1, 0.15) is 10.4 Å². The predicted octanol–water partition coefficient (Wildman–Crippen LogP) is 1.95. The summed E-state index contributed by atoms with van der Waals surface area (Å²) in [5.41, 5.74) is -0.181. The summed E-state index contributed by atoms with van der Waals surface area (Å²) in [6.07, 6.45) is 1.41. The van der Waals surface area contributed by atoms with E-state index in [1.807, 2.05) is 0 Å². The fourth-order valence-electron chi connectivity index (χ4n) is 1.18. The van der Waals surface area contributed by atoms with Gasteiger partial charge in [0.15, 0.2) is 5.75 Å². The van der Waals surface area contributed by atoms with Gasteiger partial charge in [0.05, 0.1) is 17.6 Å². The molecule has 0 radical (unpaired) electrons. The number of nitro benzene ring substituents is 1. The molecule has 0 N–H and O–H groups in total. The normalized spacial score (nSPS) is 9.47. The lowest BCUT2D eigenvalue weighted by Gasteiger charge is -2.04. The van der Waals surface area contributed by atoms with Crippen LogP contribution in [0.25, 0.3) is 0 Å². The number of esters is 1. The predicted molar refractivity (Wildman–Crippen MR) is 60.1 cm³/mol. The van der Waals surface area contributed by atoms with Gasteiger partial charge >= 0.3 is 11.7 Å². The summed E-state index contributed by atoms with van der Waals surface area (Å²) in [4.78, 5) is 21.5. The molecule has 17 heavy (non-hydrogen) atoms. The second kappa shape index (κ2) is 5.64. The van der Waals surface area contributed by atoms with Crippen molar-refractivity contribution in [3.05, 3.63) is 46.5 Å². The van der Waals surface area contributed by atoms with Gasteiger partial charge in [-0.2, -0.15) is 0 Å². The Labute approximate surface area is 97.6 Å². The summed E-state index contributed by atoms with van der Waals surface area (Å²) in [7, 11) is 1.32.